The SMILES string of the molecule is Cc1c(CN)ccc2cccc(Cl)c12. The van der Waals surface area contributed by atoms with E-state index >= 15 is 0 Å². The van der Waals surface area contributed by atoms with E-state index in [2.05, 4.69) is 25.1 Å². The summed E-state index contributed by atoms with van der Waals surface area (Å²) in [6.45, 7) is 2.63. The van der Waals surface area contributed by atoms with Crippen LogP contribution >= 0.6 is 11.6 Å². The molecule has 0 aromatic heterocycles. The van der Waals surface area contributed by atoms with Crippen LogP contribution in [-0.2, 0) is 6.54 Å². The van der Waals surface area contributed by atoms with Crippen LogP contribution in [0.4, 0.5) is 0 Å². The quantitative estimate of drug-likeness (QED) is 0.760. The van der Waals surface area contributed by atoms with Crippen LogP contribution in [0.5, 0.6) is 0 Å². The number of hydrogen-bond acceptors (Lipinski definition) is 1. The minimum atomic E-state index is 0.562. The molecule has 72 valence electrons. The van der Waals surface area contributed by atoms with E-state index in [9.17, 15) is 0 Å². The zero-order valence-corrected chi connectivity index (χ0v) is 8.81. The van der Waals surface area contributed by atoms with E-state index in [1.54, 1.807) is 0 Å². The lowest BCUT2D eigenvalue weighted by Gasteiger charge is -2.08. The molecule has 0 aliphatic rings. The van der Waals surface area contributed by atoms with Crippen molar-refractivity contribution in [2.24, 2.45) is 5.73 Å². The topological polar surface area (TPSA) is 26.0 Å². The summed E-state index contributed by atoms with van der Waals surface area (Å²) < 4.78 is 0. The highest BCUT2D eigenvalue weighted by Crippen LogP contribution is 2.28. The summed E-state index contributed by atoms with van der Waals surface area (Å²) in [5.41, 5.74) is 8.00. The molecule has 2 aromatic rings. The Balaban J connectivity index is 2.86. The third-order valence-corrected chi connectivity index (χ3v) is 2.90. The van der Waals surface area contributed by atoms with Crippen molar-refractivity contribution in [1.82, 2.24) is 0 Å². The van der Waals surface area contributed by atoms with Crippen LogP contribution < -0.4 is 5.73 Å². The van der Waals surface area contributed by atoms with Crippen LogP contribution in [0, 0.1) is 6.92 Å². The fourth-order valence-corrected chi connectivity index (χ4v) is 2.10. The van der Waals surface area contributed by atoms with Gasteiger partial charge in [-0.15, -0.1) is 0 Å². The van der Waals surface area contributed by atoms with Crippen LogP contribution in [0.15, 0.2) is 30.3 Å². The molecule has 0 saturated heterocycles. The minimum Gasteiger partial charge on any atom is -0.326 e. The summed E-state index contributed by atoms with van der Waals surface area (Å²) >= 11 is 6.15. The highest BCUT2D eigenvalue weighted by molar-refractivity contribution is 6.35. The van der Waals surface area contributed by atoms with Gasteiger partial charge in [0.25, 0.3) is 0 Å². The lowest BCUT2D eigenvalue weighted by atomic mass is 10.0. The molecular formula is C12H12ClN. The standard InChI is InChI=1S/C12H12ClN/c1-8-10(7-14)6-5-9-3-2-4-11(13)12(8)9/h2-6H,7,14H2,1H3. The van der Waals surface area contributed by atoms with Crippen LogP contribution in [0.3, 0.4) is 0 Å². The van der Waals surface area contributed by atoms with E-state index in [-0.39, 0.29) is 0 Å². The Morgan fingerprint density at radius 1 is 1.21 bits per heavy atom. The molecule has 0 bridgehead atoms. The molecule has 2 aromatic carbocycles. The average molecular weight is 206 g/mol. The Labute approximate surface area is 88.5 Å². The Morgan fingerprint density at radius 3 is 2.71 bits per heavy atom. The van der Waals surface area contributed by atoms with Gasteiger partial charge in [0, 0.05) is 17.0 Å². The first kappa shape index (κ1) is 9.50. The Kier molecular flexibility index (Phi) is 2.44. The van der Waals surface area contributed by atoms with E-state index in [0.717, 1.165) is 16.0 Å². The summed E-state index contributed by atoms with van der Waals surface area (Å²) in [5, 5.41) is 3.10. The molecule has 0 radical (unpaired) electrons. The Bertz CT molecular complexity index is 477. The van der Waals surface area contributed by atoms with Gasteiger partial charge in [-0.05, 0) is 29.5 Å². The molecule has 0 aliphatic carbocycles. The van der Waals surface area contributed by atoms with E-state index in [1.165, 1.54) is 10.9 Å². The molecule has 0 spiro atoms. The average Bonchev–Trinajstić information content (AvgIpc) is 2.18. The summed E-state index contributed by atoms with van der Waals surface area (Å²) in [6, 6.07) is 10.1. The molecule has 0 unspecified atom stereocenters. The number of fused-ring (bicyclic) bond motifs is 1. The maximum atomic E-state index is 6.15. The first-order valence-electron chi connectivity index (χ1n) is 4.61. The van der Waals surface area contributed by atoms with Gasteiger partial charge >= 0.3 is 0 Å². The molecule has 1 nitrogen and oxygen atoms in total. The van der Waals surface area contributed by atoms with Gasteiger partial charge in [-0.25, -0.2) is 0 Å². The van der Waals surface area contributed by atoms with E-state index < -0.39 is 0 Å². The fraction of sp³-hybridized carbons (Fsp3) is 0.167. The Hall–Kier alpha value is -1.05. The molecule has 0 saturated carbocycles. The highest BCUT2D eigenvalue weighted by Gasteiger charge is 2.04. The van der Waals surface area contributed by atoms with Gasteiger partial charge < -0.3 is 5.73 Å². The first-order chi connectivity index (χ1) is 6.74. The summed E-state index contributed by atoms with van der Waals surface area (Å²) in [7, 11) is 0. The highest BCUT2D eigenvalue weighted by atomic mass is 35.5. The van der Waals surface area contributed by atoms with Crippen molar-refractivity contribution in [3.63, 3.8) is 0 Å². The van der Waals surface area contributed by atoms with E-state index in [0.29, 0.717) is 6.54 Å². The minimum absolute atomic E-state index is 0.562. The zero-order chi connectivity index (χ0) is 10.1. The third-order valence-electron chi connectivity index (χ3n) is 2.59. The molecule has 2 rings (SSSR count). The molecule has 0 aliphatic heterocycles. The van der Waals surface area contributed by atoms with Crippen molar-refractivity contribution in [1.29, 1.82) is 0 Å². The largest absolute Gasteiger partial charge is 0.326 e. The van der Waals surface area contributed by atoms with Gasteiger partial charge in [-0.2, -0.15) is 0 Å². The lowest BCUT2D eigenvalue weighted by molar-refractivity contribution is 1.06. The van der Waals surface area contributed by atoms with Crippen molar-refractivity contribution < 1.29 is 0 Å². The molecule has 2 heteroatoms. The van der Waals surface area contributed by atoms with Crippen LogP contribution in [0.1, 0.15) is 11.1 Å². The molecule has 0 atom stereocenters. The van der Waals surface area contributed by atoms with Gasteiger partial charge in [0.05, 0.1) is 0 Å². The molecule has 0 fully saturated rings. The van der Waals surface area contributed by atoms with Crippen molar-refractivity contribution in [2.45, 2.75) is 13.5 Å². The smallest absolute Gasteiger partial charge is 0.0487 e. The molecular weight excluding hydrogens is 194 g/mol. The second-order valence-electron chi connectivity index (χ2n) is 3.39. The molecule has 2 N–H and O–H groups in total. The van der Waals surface area contributed by atoms with Gasteiger partial charge in [-0.1, -0.05) is 35.9 Å². The van der Waals surface area contributed by atoms with Crippen LogP contribution in [-0.4, -0.2) is 0 Å². The molecule has 14 heavy (non-hydrogen) atoms. The second-order valence-corrected chi connectivity index (χ2v) is 3.80. The number of halogens is 1. The maximum absolute atomic E-state index is 6.15. The fourth-order valence-electron chi connectivity index (χ4n) is 1.77. The number of rotatable bonds is 1. The molecule has 0 amide bonds. The number of hydrogen-bond donors (Lipinski definition) is 1. The van der Waals surface area contributed by atoms with E-state index in [1.807, 2.05) is 12.1 Å². The van der Waals surface area contributed by atoms with Crippen molar-refractivity contribution in [2.75, 3.05) is 0 Å². The Morgan fingerprint density at radius 2 is 2.00 bits per heavy atom. The van der Waals surface area contributed by atoms with Crippen LogP contribution in [0.25, 0.3) is 10.8 Å². The number of aryl methyl sites for hydroxylation is 1. The van der Waals surface area contributed by atoms with Gasteiger partial charge in [0.2, 0.25) is 0 Å². The molecule has 0 heterocycles. The monoisotopic (exact) mass is 205 g/mol. The normalized spacial score (nSPS) is 10.8. The first-order valence-corrected chi connectivity index (χ1v) is 4.98. The van der Waals surface area contributed by atoms with Gasteiger partial charge in [0.1, 0.15) is 0 Å². The van der Waals surface area contributed by atoms with E-state index in [4.69, 9.17) is 17.3 Å². The van der Waals surface area contributed by atoms with Crippen molar-refractivity contribution in [3.8, 4) is 0 Å². The second kappa shape index (κ2) is 3.60. The lowest BCUT2D eigenvalue weighted by Crippen LogP contribution is -1.99. The van der Waals surface area contributed by atoms with Gasteiger partial charge in [-0.3, -0.25) is 0 Å². The van der Waals surface area contributed by atoms with Crippen molar-refractivity contribution >= 4 is 22.4 Å². The maximum Gasteiger partial charge on any atom is 0.0487 e. The predicted octanol–water partition coefficient (Wildman–Crippen LogP) is 3.26. The zero-order valence-electron chi connectivity index (χ0n) is 8.05. The summed E-state index contributed by atoms with van der Waals surface area (Å²) in [6.07, 6.45) is 0. The van der Waals surface area contributed by atoms with Gasteiger partial charge in [0.15, 0.2) is 0 Å². The van der Waals surface area contributed by atoms with Crippen LogP contribution in [0.2, 0.25) is 5.02 Å². The predicted molar refractivity (Wildman–Crippen MR) is 61.6 cm³/mol. The third kappa shape index (κ3) is 1.39. The summed E-state index contributed by atoms with van der Waals surface area (Å²) in [4.78, 5) is 0. The van der Waals surface area contributed by atoms with Crippen molar-refractivity contribution in [3.05, 3.63) is 46.5 Å². The number of nitrogens with two attached hydrogens (primary N) is 1. The summed E-state index contributed by atoms with van der Waals surface area (Å²) in [5.74, 6) is 0. The number of benzene rings is 2.